The third-order valence-corrected chi connectivity index (χ3v) is 6.23. The van der Waals surface area contributed by atoms with Crippen LogP contribution in [0.5, 0.6) is 0 Å². The molecule has 2 aliphatic rings. The van der Waals surface area contributed by atoms with Crippen LogP contribution in [0.1, 0.15) is 28.8 Å². The lowest BCUT2D eigenvalue weighted by atomic mass is 10.1. The Bertz CT molecular complexity index is 1320. The zero-order chi connectivity index (χ0) is 22.8. The summed E-state index contributed by atoms with van der Waals surface area (Å²) in [6.07, 6.45) is 8.17. The van der Waals surface area contributed by atoms with Crippen molar-refractivity contribution in [2.24, 2.45) is 7.05 Å². The van der Waals surface area contributed by atoms with Crippen LogP contribution in [0.3, 0.4) is 0 Å². The van der Waals surface area contributed by atoms with Crippen LogP contribution in [-0.2, 0) is 13.6 Å². The van der Waals surface area contributed by atoms with Crippen LogP contribution in [0.25, 0.3) is 22.3 Å². The van der Waals surface area contributed by atoms with Crippen LogP contribution >= 0.6 is 0 Å². The van der Waals surface area contributed by atoms with Crippen LogP contribution in [0.2, 0.25) is 0 Å². The van der Waals surface area contributed by atoms with Crippen LogP contribution in [0.4, 0.5) is 0 Å². The maximum Gasteiger partial charge on any atom is 0.261 e. The van der Waals surface area contributed by atoms with Crippen molar-refractivity contribution >= 4 is 16.8 Å². The van der Waals surface area contributed by atoms with E-state index in [-0.39, 0.29) is 11.5 Å². The van der Waals surface area contributed by atoms with Crippen molar-refractivity contribution in [2.45, 2.75) is 19.4 Å². The van der Waals surface area contributed by atoms with Gasteiger partial charge in [0.2, 0.25) is 0 Å². The molecule has 2 N–H and O–H groups in total. The van der Waals surface area contributed by atoms with Crippen LogP contribution in [0, 0.1) is 0 Å². The maximum absolute atomic E-state index is 13.1. The van der Waals surface area contributed by atoms with Gasteiger partial charge in [-0.15, -0.1) is 0 Å². The van der Waals surface area contributed by atoms with Gasteiger partial charge in [0.05, 0.1) is 16.5 Å². The topological polar surface area (TPSA) is 79.3 Å². The summed E-state index contributed by atoms with van der Waals surface area (Å²) >= 11 is 0. The molecular formula is C26H27N5O2. The molecule has 1 fully saturated rings. The predicted octanol–water partition coefficient (Wildman–Crippen LogP) is 2.93. The van der Waals surface area contributed by atoms with E-state index in [1.54, 1.807) is 35.9 Å². The molecule has 1 saturated heterocycles. The normalized spacial score (nSPS) is 16.0. The number of carbonyl (C=O) groups is 1. The summed E-state index contributed by atoms with van der Waals surface area (Å²) in [5, 5.41) is 6.40. The Hall–Kier alpha value is -3.71. The number of hydrogen-bond acceptors (Lipinski definition) is 5. The molecule has 168 valence electrons. The monoisotopic (exact) mass is 441 g/mol. The van der Waals surface area contributed by atoms with Crippen molar-refractivity contribution in [1.29, 1.82) is 0 Å². The summed E-state index contributed by atoms with van der Waals surface area (Å²) in [5.74, 6) is 0.859. The minimum Gasteiger partial charge on any atom is -0.368 e. The maximum atomic E-state index is 13.1. The number of dihydropyridines is 1. The molecular weight excluding hydrogens is 414 g/mol. The fourth-order valence-corrected chi connectivity index (χ4v) is 4.43. The van der Waals surface area contributed by atoms with E-state index in [4.69, 9.17) is 4.98 Å². The quantitative estimate of drug-likeness (QED) is 0.637. The molecule has 33 heavy (non-hydrogen) atoms. The largest absolute Gasteiger partial charge is 0.368 e. The molecule has 2 aromatic carbocycles. The van der Waals surface area contributed by atoms with Crippen LogP contribution in [0.15, 0.2) is 71.3 Å². The Balaban J connectivity index is 1.50. The first-order valence-corrected chi connectivity index (χ1v) is 11.3. The zero-order valence-electron chi connectivity index (χ0n) is 18.7. The number of nitrogens with one attached hydrogen (secondary N) is 2. The third kappa shape index (κ3) is 4.32. The molecule has 7 heteroatoms. The second kappa shape index (κ2) is 9.03. The van der Waals surface area contributed by atoms with Gasteiger partial charge < -0.3 is 10.6 Å². The lowest BCUT2D eigenvalue weighted by Crippen LogP contribution is -2.33. The summed E-state index contributed by atoms with van der Waals surface area (Å²) in [5.41, 5.74) is 2.69. The number of aromatic nitrogens is 2. The molecule has 0 aliphatic carbocycles. The van der Waals surface area contributed by atoms with E-state index in [0.717, 1.165) is 25.2 Å². The number of nitrogens with zero attached hydrogens (tertiary/aromatic N) is 3. The van der Waals surface area contributed by atoms with Crippen molar-refractivity contribution < 1.29 is 4.79 Å². The number of allylic oxidation sites excluding steroid dienone is 2. The number of fused-ring (bicyclic) bond motifs is 1. The highest BCUT2D eigenvalue weighted by Crippen LogP contribution is 2.22. The lowest BCUT2D eigenvalue weighted by Gasteiger charge is -2.16. The lowest BCUT2D eigenvalue weighted by molar-refractivity contribution is 0.0965. The number of rotatable bonds is 5. The highest BCUT2D eigenvalue weighted by molar-refractivity contribution is 6.06. The molecule has 5 rings (SSSR count). The number of likely N-dealkylation sites (tertiary alicyclic amines) is 1. The van der Waals surface area contributed by atoms with Crippen molar-refractivity contribution in [2.75, 3.05) is 19.6 Å². The van der Waals surface area contributed by atoms with E-state index in [1.165, 1.54) is 18.4 Å². The highest BCUT2D eigenvalue weighted by atomic mass is 16.2. The van der Waals surface area contributed by atoms with Gasteiger partial charge >= 0.3 is 0 Å². The second-order valence-electron chi connectivity index (χ2n) is 8.53. The van der Waals surface area contributed by atoms with Gasteiger partial charge in [0.15, 0.2) is 0 Å². The molecule has 0 radical (unpaired) electrons. The Labute approximate surface area is 192 Å². The molecule has 3 heterocycles. The number of carbonyl (C=O) groups excluding carboxylic acids is 1. The minimum atomic E-state index is -0.303. The average Bonchev–Trinajstić information content (AvgIpc) is 3.35. The van der Waals surface area contributed by atoms with Crippen LogP contribution < -0.4 is 16.2 Å². The van der Waals surface area contributed by atoms with Gasteiger partial charge in [0, 0.05) is 25.7 Å². The van der Waals surface area contributed by atoms with Gasteiger partial charge in [-0.3, -0.25) is 19.1 Å². The second-order valence-corrected chi connectivity index (χ2v) is 8.53. The molecule has 0 saturated carbocycles. The van der Waals surface area contributed by atoms with Gasteiger partial charge in [-0.25, -0.2) is 4.98 Å². The van der Waals surface area contributed by atoms with Gasteiger partial charge in [-0.1, -0.05) is 42.5 Å². The Kier molecular flexibility index (Phi) is 5.79. The minimum absolute atomic E-state index is 0.177. The summed E-state index contributed by atoms with van der Waals surface area (Å²) in [4.78, 5) is 33.4. The van der Waals surface area contributed by atoms with E-state index >= 15 is 0 Å². The molecule has 7 nitrogen and oxygen atoms in total. The molecule has 0 spiro atoms. The SMILES string of the molecule is Cn1c(-c2ccc(CN3CCCC3)cc2)nc2c(C(=O)NC3=CC=CCN3)cccc2c1=O. The first-order chi connectivity index (χ1) is 16.1. The molecule has 2 aliphatic heterocycles. The molecule has 0 unspecified atom stereocenters. The van der Waals surface area contributed by atoms with Gasteiger partial charge in [-0.2, -0.15) is 0 Å². The van der Waals surface area contributed by atoms with Gasteiger partial charge in [0.1, 0.15) is 11.6 Å². The molecule has 1 aromatic heterocycles. The van der Waals surface area contributed by atoms with E-state index in [1.807, 2.05) is 24.3 Å². The molecule has 0 bridgehead atoms. The summed E-state index contributed by atoms with van der Waals surface area (Å²) in [7, 11) is 1.72. The van der Waals surface area contributed by atoms with E-state index in [9.17, 15) is 9.59 Å². The summed E-state index contributed by atoms with van der Waals surface area (Å²) < 4.78 is 1.55. The number of amides is 1. The standard InChI is InChI=1S/C26H27N5O2/c1-30-24(19-12-10-18(11-13-19)17-31-15-4-5-16-31)29-23-20(7-6-8-21(23)26(30)33)25(32)28-22-9-2-3-14-27-22/h2-3,6-13,27H,4-5,14-17H2,1H3,(H,28,32). The van der Waals surface area contributed by atoms with Crippen molar-refractivity contribution in [3.8, 4) is 11.4 Å². The fraction of sp³-hybridized carbons (Fsp3) is 0.269. The molecule has 1 amide bonds. The average molecular weight is 442 g/mol. The smallest absolute Gasteiger partial charge is 0.261 e. The molecule has 3 aromatic rings. The van der Waals surface area contributed by atoms with Crippen molar-refractivity contribution in [3.05, 3.63) is 88.0 Å². The number of para-hydroxylation sites is 1. The van der Waals surface area contributed by atoms with E-state index < -0.39 is 0 Å². The third-order valence-electron chi connectivity index (χ3n) is 6.23. The van der Waals surface area contributed by atoms with Crippen molar-refractivity contribution in [1.82, 2.24) is 25.1 Å². The molecule has 0 atom stereocenters. The van der Waals surface area contributed by atoms with E-state index in [2.05, 4.69) is 27.7 Å². The van der Waals surface area contributed by atoms with Gasteiger partial charge in [0.25, 0.3) is 11.5 Å². The summed E-state index contributed by atoms with van der Waals surface area (Å²) in [6, 6.07) is 13.3. The Morgan fingerprint density at radius 3 is 2.64 bits per heavy atom. The number of benzene rings is 2. The van der Waals surface area contributed by atoms with E-state index in [0.29, 0.717) is 34.7 Å². The number of hydrogen-bond donors (Lipinski definition) is 2. The first kappa shape index (κ1) is 21.2. The predicted molar refractivity (Wildman–Crippen MR) is 130 cm³/mol. The highest BCUT2D eigenvalue weighted by Gasteiger charge is 2.18. The Morgan fingerprint density at radius 2 is 1.91 bits per heavy atom. The summed E-state index contributed by atoms with van der Waals surface area (Å²) in [6.45, 7) is 3.89. The van der Waals surface area contributed by atoms with Crippen LogP contribution in [-0.4, -0.2) is 40.0 Å². The van der Waals surface area contributed by atoms with Gasteiger partial charge in [-0.05, 0) is 49.7 Å². The zero-order valence-corrected chi connectivity index (χ0v) is 18.7. The Morgan fingerprint density at radius 1 is 1.12 bits per heavy atom. The fourth-order valence-electron chi connectivity index (χ4n) is 4.43. The first-order valence-electron chi connectivity index (χ1n) is 11.3. The van der Waals surface area contributed by atoms with Crippen molar-refractivity contribution in [3.63, 3.8) is 0 Å².